The first-order chi connectivity index (χ1) is 7.73. The van der Waals surface area contributed by atoms with Crippen molar-refractivity contribution < 1.29 is 5.11 Å². The van der Waals surface area contributed by atoms with E-state index >= 15 is 0 Å². The maximum atomic E-state index is 8.99. The molecular weight excluding hydrogens is 208 g/mol. The third kappa shape index (κ3) is 1.41. The maximum absolute atomic E-state index is 8.99. The van der Waals surface area contributed by atoms with Gasteiger partial charge in [-0.25, -0.2) is 0 Å². The van der Waals surface area contributed by atoms with E-state index in [0.29, 0.717) is 22.9 Å². The lowest BCUT2D eigenvalue weighted by molar-refractivity contribution is 0.0835. The highest BCUT2D eigenvalue weighted by atomic mass is 16.2. The van der Waals surface area contributed by atoms with E-state index in [0.717, 1.165) is 24.2 Å². The lowest BCUT2D eigenvalue weighted by Gasteiger charge is -2.40. The lowest BCUT2D eigenvalue weighted by Crippen LogP contribution is -2.33. The highest BCUT2D eigenvalue weighted by molar-refractivity contribution is 5.27. The molecule has 2 rings (SSSR count). The number of hydrogen-bond acceptors (Lipinski definition) is 1. The average Bonchev–Trinajstić information content (AvgIpc) is 2.62. The highest BCUT2D eigenvalue weighted by Gasteiger charge is 2.79. The Labute approximate surface area is 107 Å². The van der Waals surface area contributed by atoms with Gasteiger partial charge in [0.15, 0.2) is 0 Å². The molecule has 2 unspecified atom stereocenters. The van der Waals surface area contributed by atoms with Gasteiger partial charge >= 0.3 is 0 Å². The summed E-state index contributed by atoms with van der Waals surface area (Å²) < 4.78 is 0. The molecule has 0 aliphatic heterocycles. The van der Waals surface area contributed by atoms with Gasteiger partial charge in [-0.05, 0) is 53.3 Å². The second kappa shape index (κ2) is 3.73. The summed E-state index contributed by atoms with van der Waals surface area (Å²) in [5.41, 5.74) is 1.57. The van der Waals surface area contributed by atoms with Gasteiger partial charge in [-0.15, -0.1) is 0 Å². The van der Waals surface area contributed by atoms with Gasteiger partial charge < -0.3 is 5.11 Å². The van der Waals surface area contributed by atoms with Crippen LogP contribution in [0.4, 0.5) is 0 Å². The van der Waals surface area contributed by atoms with Crippen molar-refractivity contribution in [2.75, 3.05) is 6.61 Å². The van der Waals surface area contributed by atoms with Crippen LogP contribution >= 0.6 is 0 Å². The summed E-state index contributed by atoms with van der Waals surface area (Å²) in [6.07, 6.45) is 3.55. The number of hydrogen-bond donors (Lipinski definition) is 1. The summed E-state index contributed by atoms with van der Waals surface area (Å²) in [6, 6.07) is 0. The van der Waals surface area contributed by atoms with Crippen molar-refractivity contribution in [2.24, 2.45) is 34.0 Å². The topological polar surface area (TPSA) is 20.2 Å². The van der Waals surface area contributed by atoms with Crippen LogP contribution in [0.3, 0.4) is 0 Å². The quantitative estimate of drug-likeness (QED) is 0.781. The fraction of sp³-hybridized carbons (Fsp3) is 1.00. The summed E-state index contributed by atoms with van der Waals surface area (Å²) in [6.45, 7) is 15.2. The molecule has 0 spiro atoms. The second-order valence-electron chi connectivity index (χ2n) is 7.72. The molecule has 0 aromatic rings. The molecule has 0 bridgehead atoms. The van der Waals surface area contributed by atoms with Crippen LogP contribution in [-0.2, 0) is 0 Å². The van der Waals surface area contributed by atoms with Gasteiger partial charge in [0.25, 0.3) is 0 Å². The van der Waals surface area contributed by atoms with Crippen LogP contribution in [0.5, 0.6) is 0 Å². The molecule has 0 heterocycles. The summed E-state index contributed by atoms with van der Waals surface area (Å²) >= 11 is 0. The third-order valence-electron chi connectivity index (χ3n) is 7.34. The maximum Gasteiger partial charge on any atom is 0.0431 e. The lowest BCUT2D eigenvalue weighted by atomic mass is 9.65. The first-order valence-electron chi connectivity index (χ1n) is 7.34. The molecular formula is C16H30O. The SMILES string of the molecule is CC(CCCO)C1C[C@@]2(C)[C@H](C)[C@]2(C)C1(C)C. The van der Waals surface area contributed by atoms with Crippen LogP contribution in [0.15, 0.2) is 0 Å². The second-order valence-corrected chi connectivity index (χ2v) is 7.72. The minimum atomic E-state index is 0.350. The molecule has 2 aliphatic carbocycles. The van der Waals surface area contributed by atoms with E-state index in [9.17, 15) is 0 Å². The monoisotopic (exact) mass is 238 g/mol. The van der Waals surface area contributed by atoms with E-state index < -0.39 is 0 Å². The van der Waals surface area contributed by atoms with Crippen LogP contribution < -0.4 is 0 Å². The number of rotatable bonds is 4. The zero-order valence-electron chi connectivity index (χ0n) is 12.5. The molecule has 2 aliphatic rings. The number of fused-ring (bicyclic) bond motifs is 1. The van der Waals surface area contributed by atoms with E-state index in [1.54, 1.807) is 0 Å². The van der Waals surface area contributed by atoms with Gasteiger partial charge in [0.1, 0.15) is 0 Å². The van der Waals surface area contributed by atoms with Crippen molar-refractivity contribution in [2.45, 2.75) is 60.8 Å². The molecule has 2 fully saturated rings. The Bertz CT molecular complexity index is 309. The Balaban J connectivity index is 2.14. The van der Waals surface area contributed by atoms with Crippen molar-refractivity contribution in [1.82, 2.24) is 0 Å². The predicted octanol–water partition coefficient (Wildman–Crippen LogP) is 4.10. The molecule has 1 heteroatoms. The van der Waals surface area contributed by atoms with E-state index in [-0.39, 0.29) is 0 Å². The fourth-order valence-corrected chi connectivity index (χ4v) is 5.45. The Morgan fingerprint density at radius 1 is 1.24 bits per heavy atom. The molecule has 0 radical (unpaired) electrons. The summed E-state index contributed by atoms with van der Waals surface area (Å²) in [7, 11) is 0. The molecule has 5 atom stereocenters. The van der Waals surface area contributed by atoms with Gasteiger partial charge in [-0.1, -0.05) is 41.5 Å². The van der Waals surface area contributed by atoms with Gasteiger partial charge in [0, 0.05) is 6.61 Å². The van der Waals surface area contributed by atoms with Crippen molar-refractivity contribution in [3.8, 4) is 0 Å². The van der Waals surface area contributed by atoms with Crippen LogP contribution in [0.1, 0.15) is 60.8 Å². The number of aliphatic hydroxyl groups excluding tert-OH is 1. The zero-order chi connectivity index (χ0) is 13.1. The predicted molar refractivity (Wildman–Crippen MR) is 72.7 cm³/mol. The largest absolute Gasteiger partial charge is 0.396 e. The summed E-state index contributed by atoms with van der Waals surface area (Å²) in [5, 5.41) is 8.99. The Hall–Kier alpha value is -0.0400. The normalized spacial score (nSPS) is 48.9. The van der Waals surface area contributed by atoms with Crippen LogP contribution in [0, 0.1) is 34.0 Å². The smallest absolute Gasteiger partial charge is 0.0431 e. The molecule has 0 amide bonds. The summed E-state index contributed by atoms with van der Waals surface area (Å²) in [4.78, 5) is 0. The molecule has 0 aromatic heterocycles. The van der Waals surface area contributed by atoms with Crippen molar-refractivity contribution in [3.05, 3.63) is 0 Å². The standard InChI is InChI=1S/C16H30O/c1-11(8-7-9-17)13-10-15(5)12(2)16(15,6)14(13,3)4/h11-13,17H,7-10H2,1-6H3/t11?,12-,13?,15-,16+/m0/s1. The average molecular weight is 238 g/mol. The Morgan fingerprint density at radius 2 is 1.82 bits per heavy atom. The summed E-state index contributed by atoms with van der Waals surface area (Å²) in [5.74, 6) is 2.47. The zero-order valence-corrected chi connectivity index (χ0v) is 12.5. The molecule has 2 saturated carbocycles. The van der Waals surface area contributed by atoms with Crippen LogP contribution in [0.2, 0.25) is 0 Å². The van der Waals surface area contributed by atoms with Gasteiger partial charge in [0.05, 0.1) is 0 Å². The van der Waals surface area contributed by atoms with Gasteiger partial charge in [0.2, 0.25) is 0 Å². The number of aliphatic hydroxyl groups is 1. The Kier molecular flexibility index (Phi) is 2.94. The molecule has 0 aromatic carbocycles. The fourth-order valence-electron chi connectivity index (χ4n) is 5.45. The van der Waals surface area contributed by atoms with Crippen molar-refractivity contribution >= 4 is 0 Å². The molecule has 17 heavy (non-hydrogen) atoms. The van der Waals surface area contributed by atoms with Gasteiger partial charge in [-0.3, -0.25) is 0 Å². The molecule has 1 N–H and O–H groups in total. The van der Waals surface area contributed by atoms with E-state index in [2.05, 4.69) is 41.5 Å². The Morgan fingerprint density at radius 3 is 2.24 bits per heavy atom. The van der Waals surface area contributed by atoms with Crippen molar-refractivity contribution in [1.29, 1.82) is 0 Å². The third-order valence-corrected chi connectivity index (χ3v) is 7.34. The van der Waals surface area contributed by atoms with Crippen LogP contribution in [0.25, 0.3) is 0 Å². The highest BCUT2D eigenvalue weighted by Crippen LogP contribution is 2.85. The first kappa shape index (κ1) is 13.4. The van der Waals surface area contributed by atoms with Gasteiger partial charge in [-0.2, -0.15) is 0 Å². The molecule has 0 saturated heterocycles. The minimum absolute atomic E-state index is 0.350. The van der Waals surface area contributed by atoms with Crippen molar-refractivity contribution in [3.63, 3.8) is 0 Å². The minimum Gasteiger partial charge on any atom is -0.396 e. The molecule has 100 valence electrons. The molecule has 1 nitrogen and oxygen atoms in total. The van der Waals surface area contributed by atoms with Crippen LogP contribution in [-0.4, -0.2) is 11.7 Å². The van der Waals surface area contributed by atoms with E-state index in [4.69, 9.17) is 5.11 Å². The first-order valence-corrected chi connectivity index (χ1v) is 7.34. The van der Waals surface area contributed by atoms with E-state index in [1.165, 1.54) is 12.8 Å². The van der Waals surface area contributed by atoms with E-state index in [1.807, 2.05) is 0 Å².